The standard InChI is InChI=1S/C16H22N4O2/c1-11-17-16(19-18-11)7-15-14-4-5-20(8-12(14)10-22-15)9-13-3-2-6-21-13/h2-3,6,12,14-15H,4-5,7-10H2,1H3,(H,17,18,19)/t12-,14-,15-/m1/s1. The third kappa shape index (κ3) is 2.80. The fraction of sp³-hybridized carbons (Fsp3) is 0.625. The van der Waals surface area contributed by atoms with E-state index in [-0.39, 0.29) is 6.10 Å². The molecule has 0 aromatic carbocycles. The first-order chi connectivity index (χ1) is 10.8. The first kappa shape index (κ1) is 14.0. The maximum atomic E-state index is 6.05. The fourth-order valence-electron chi connectivity index (χ4n) is 3.80. The molecule has 2 aliphatic heterocycles. The van der Waals surface area contributed by atoms with Crippen LogP contribution in [-0.4, -0.2) is 45.9 Å². The second-order valence-corrected chi connectivity index (χ2v) is 6.44. The molecule has 2 aromatic rings. The molecule has 0 aliphatic carbocycles. The summed E-state index contributed by atoms with van der Waals surface area (Å²) in [6, 6.07) is 4.00. The first-order valence-electron chi connectivity index (χ1n) is 8.02. The van der Waals surface area contributed by atoms with Gasteiger partial charge in [-0.25, -0.2) is 4.98 Å². The van der Waals surface area contributed by atoms with Gasteiger partial charge in [-0.2, -0.15) is 5.10 Å². The van der Waals surface area contributed by atoms with Crippen LogP contribution in [0.3, 0.4) is 0 Å². The second-order valence-electron chi connectivity index (χ2n) is 6.44. The minimum absolute atomic E-state index is 0.269. The Kier molecular flexibility index (Phi) is 3.72. The van der Waals surface area contributed by atoms with Crippen LogP contribution in [0.2, 0.25) is 0 Å². The number of aromatic amines is 1. The molecule has 3 atom stereocenters. The lowest BCUT2D eigenvalue weighted by Crippen LogP contribution is -2.41. The molecular weight excluding hydrogens is 280 g/mol. The smallest absolute Gasteiger partial charge is 0.153 e. The van der Waals surface area contributed by atoms with Gasteiger partial charge in [0.2, 0.25) is 0 Å². The van der Waals surface area contributed by atoms with Gasteiger partial charge in [-0.05, 0) is 37.9 Å². The molecule has 1 N–H and O–H groups in total. The Morgan fingerprint density at radius 3 is 3.18 bits per heavy atom. The summed E-state index contributed by atoms with van der Waals surface area (Å²) in [4.78, 5) is 6.88. The molecule has 0 amide bonds. The van der Waals surface area contributed by atoms with Gasteiger partial charge in [0.05, 0.1) is 25.5 Å². The van der Waals surface area contributed by atoms with E-state index in [9.17, 15) is 0 Å². The molecule has 6 heteroatoms. The van der Waals surface area contributed by atoms with Crippen molar-refractivity contribution in [3.63, 3.8) is 0 Å². The Bertz CT molecular complexity index is 609. The summed E-state index contributed by atoms with van der Waals surface area (Å²) in [6.07, 6.45) is 4.02. The van der Waals surface area contributed by atoms with Crippen molar-refractivity contribution in [2.75, 3.05) is 19.7 Å². The van der Waals surface area contributed by atoms with Crippen molar-refractivity contribution < 1.29 is 9.15 Å². The number of nitrogens with zero attached hydrogens (tertiary/aromatic N) is 3. The van der Waals surface area contributed by atoms with Crippen LogP contribution in [0.25, 0.3) is 0 Å². The SMILES string of the molecule is Cc1nc(C[C@H]2OC[C@H]3CN(Cc4ccco4)CC[C@H]32)n[nH]1. The molecule has 0 spiro atoms. The number of furan rings is 1. The van der Waals surface area contributed by atoms with E-state index in [0.29, 0.717) is 11.8 Å². The van der Waals surface area contributed by atoms with Gasteiger partial charge in [0.15, 0.2) is 5.82 Å². The number of H-pyrrole nitrogens is 1. The van der Waals surface area contributed by atoms with E-state index < -0.39 is 0 Å². The number of aryl methyl sites for hydroxylation is 1. The normalized spacial score (nSPS) is 28.9. The monoisotopic (exact) mass is 302 g/mol. The van der Waals surface area contributed by atoms with Crippen molar-refractivity contribution >= 4 is 0 Å². The number of aromatic nitrogens is 3. The van der Waals surface area contributed by atoms with Crippen LogP contribution in [0.15, 0.2) is 22.8 Å². The van der Waals surface area contributed by atoms with Gasteiger partial charge in [0.25, 0.3) is 0 Å². The zero-order valence-corrected chi connectivity index (χ0v) is 12.9. The number of piperidine rings is 1. The van der Waals surface area contributed by atoms with E-state index in [2.05, 4.69) is 20.1 Å². The molecule has 0 saturated carbocycles. The quantitative estimate of drug-likeness (QED) is 0.932. The average molecular weight is 302 g/mol. The van der Waals surface area contributed by atoms with Crippen LogP contribution in [-0.2, 0) is 17.7 Å². The average Bonchev–Trinajstić information content (AvgIpc) is 3.23. The zero-order valence-electron chi connectivity index (χ0n) is 12.9. The zero-order chi connectivity index (χ0) is 14.9. The van der Waals surface area contributed by atoms with E-state index in [0.717, 1.165) is 50.1 Å². The number of hydrogen-bond donors (Lipinski definition) is 1. The van der Waals surface area contributed by atoms with Crippen molar-refractivity contribution in [3.05, 3.63) is 35.8 Å². The second kappa shape index (κ2) is 5.85. The Morgan fingerprint density at radius 1 is 1.45 bits per heavy atom. The van der Waals surface area contributed by atoms with Crippen LogP contribution >= 0.6 is 0 Å². The van der Waals surface area contributed by atoms with Crippen molar-refractivity contribution in [2.24, 2.45) is 11.8 Å². The number of rotatable bonds is 4. The number of likely N-dealkylation sites (tertiary alicyclic amines) is 1. The molecule has 2 fully saturated rings. The molecule has 22 heavy (non-hydrogen) atoms. The summed E-state index contributed by atoms with van der Waals surface area (Å²) in [5.41, 5.74) is 0. The predicted octanol–water partition coefficient (Wildman–Crippen LogP) is 1.79. The summed E-state index contributed by atoms with van der Waals surface area (Å²) in [5.74, 6) is 4.05. The first-order valence-corrected chi connectivity index (χ1v) is 8.02. The minimum Gasteiger partial charge on any atom is -0.468 e. The molecule has 118 valence electrons. The highest BCUT2D eigenvalue weighted by Crippen LogP contribution is 2.36. The van der Waals surface area contributed by atoms with Gasteiger partial charge in [0, 0.05) is 18.9 Å². The summed E-state index contributed by atoms with van der Waals surface area (Å²) in [5, 5.41) is 7.15. The Labute approximate surface area is 129 Å². The van der Waals surface area contributed by atoms with Crippen LogP contribution in [0.1, 0.15) is 23.8 Å². The van der Waals surface area contributed by atoms with Crippen LogP contribution in [0.4, 0.5) is 0 Å². The third-order valence-electron chi connectivity index (χ3n) is 4.87. The lowest BCUT2D eigenvalue weighted by atomic mass is 9.83. The fourth-order valence-corrected chi connectivity index (χ4v) is 3.80. The molecule has 0 bridgehead atoms. The number of ether oxygens (including phenoxy) is 1. The molecule has 0 unspecified atom stereocenters. The largest absolute Gasteiger partial charge is 0.468 e. The van der Waals surface area contributed by atoms with Crippen molar-refractivity contribution in [1.29, 1.82) is 0 Å². The Hall–Kier alpha value is -1.66. The van der Waals surface area contributed by atoms with Crippen LogP contribution in [0, 0.1) is 18.8 Å². The summed E-state index contributed by atoms with van der Waals surface area (Å²) in [6.45, 7) is 5.89. The van der Waals surface area contributed by atoms with E-state index in [1.54, 1.807) is 6.26 Å². The summed E-state index contributed by atoms with van der Waals surface area (Å²) < 4.78 is 11.5. The topological polar surface area (TPSA) is 67.2 Å². The molecule has 2 aromatic heterocycles. The van der Waals surface area contributed by atoms with E-state index in [1.807, 2.05) is 19.1 Å². The van der Waals surface area contributed by atoms with Gasteiger partial charge < -0.3 is 9.15 Å². The summed E-state index contributed by atoms with van der Waals surface area (Å²) in [7, 11) is 0. The van der Waals surface area contributed by atoms with Crippen molar-refractivity contribution in [3.8, 4) is 0 Å². The lowest BCUT2D eigenvalue weighted by molar-refractivity contribution is 0.0828. The predicted molar refractivity (Wildman–Crippen MR) is 80.1 cm³/mol. The highest BCUT2D eigenvalue weighted by atomic mass is 16.5. The Balaban J connectivity index is 1.35. The molecular formula is C16H22N4O2. The van der Waals surface area contributed by atoms with E-state index in [1.165, 1.54) is 6.42 Å². The number of fused-ring (bicyclic) bond motifs is 1. The maximum Gasteiger partial charge on any atom is 0.153 e. The highest BCUT2D eigenvalue weighted by molar-refractivity contribution is 5.00. The summed E-state index contributed by atoms with van der Waals surface area (Å²) >= 11 is 0. The van der Waals surface area contributed by atoms with E-state index in [4.69, 9.17) is 9.15 Å². The van der Waals surface area contributed by atoms with Crippen LogP contribution in [0.5, 0.6) is 0 Å². The van der Waals surface area contributed by atoms with Gasteiger partial charge in [-0.15, -0.1) is 0 Å². The molecule has 4 rings (SSSR count). The molecule has 2 aliphatic rings. The van der Waals surface area contributed by atoms with Crippen LogP contribution < -0.4 is 0 Å². The van der Waals surface area contributed by atoms with Crippen molar-refractivity contribution in [2.45, 2.75) is 32.4 Å². The van der Waals surface area contributed by atoms with Gasteiger partial charge >= 0.3 is 0 Å². The molecule has 2 saturated heterocycles. The van der Waals surface area contributed by atoms with Crippen molar-refractivity contribution in [1.82, 2.24) is 20.1 Å². The van der Waals surface area contributed by atoms with Gasteiger partial charge in [-0.3, -0.25) is 10.00 Å². The number of nitrogens with one attached hydrogen (secondary N) is 1. The third-order valence-corrected chi connectivity index (χ3v) is 4.87. The lowest BCUT2D eigenvalue weighted by Gasteiger charge is -2.35. The minimum atomic E-state index is 0.269. The Morgan fingerprint density at radius 2 is 2.41 bits per heavy atom. The molecule has 4 heterocycles. The van der Waals surface area contributed by atoms with Gasteiger partial charge in [0.1, 0.15) is 11.6 Å². The molecule has 6 nitrogen and oxygen atoms in total. The molecule has 0 radical (unpaired) electrons. The van der Waals surface area contributed by atoms with E-state index >= 15 is 0 Å². The maximum absolute atomic E-state index is 6.05. The highest BCUT2D eigenvalue weighted by Gasteiger charge is 2.41. The number of hydrogen-bond acceptors (Lipinski definition) is 5. The van der Waals surface area contributed by atoms with Gasteiger partial charge in [-0.1, -0.05) is 0 Å².